The summed E-state index contributed by atoms with van der Waals surface area (Å²) in [5.41, 5.74) is 3.05. The van der Waals surface area contributed by atoms with Crippen LogP contribution in [0.3, 0.4) is 0 Å². The zero-order chi connectivity index (χ0) is 12.9. The van der Waals surface area contributed by atoms with E-state index in [0.29, 0.717) is 11.8 Å². The Kier molecular flexibility index (Phi) is 2.67. The van der Waals surface area contributed by atoms with E-state index < -0.39 is 0 Å². The molecule has 0 radical (unpaired) electrons. The lowest BCUT2D eigenvalue weighted by molar-refractivity contribution is 0.0624. The summed E-state index contributed by atoms with van der Waals surface area (Å²) in [6.45, 7) is 2.39. The average Bonchev–Trinajstić information content (AvgIpc) is 2.29. The molecule has 2 unspecified atom stereocenters. The van der Waals surface area contributed by atoms with Gasteiger partial charge in [-0.2, -0.15) is 0 Å². The van der Waals surface area contributed by atoms with E-state index in [4.69, 9.17) is 0 Å². The summed E-state index contributed by atoms with van der Waals surface area (Å²) in [4.78, 5) is 2.40. The molecular formula is C16H23NO. The Morgan fingerprint density at radius 2 is 2.11 bits per heavy atom. The summed E-state index contributed by atoms with van der Waals surface area (Å²) in [7, 11) is 4.41. The van der Waals surface area contributed by atoms with Crippen LogP contribution in [0.4, 0.5) is 0 Å². The lowest BCUT2D eigenvalue weighted by atomic mass is 9.57. The number of phenols is 1. The number of likely N-dealkylation sites (N-methyl/N-ethyl adjacent to an activating group) is 1. The molecule has 0 spiro atoms. The third-order valence-corrected chi connectivity index (χ3v) is 5.12. The molecule has 1 N–H and O–H groups in total. The normalized spacial score (nSPS) is 34.4. The molecular weight excluding hydrogens is 222 g/mol. The van der Waals surface area contributed by atoms with E-state index in [1.807, 2.05) is 12.1 Å². The first-order chi connectivity index (χ1) is 8.52. The van der Waals surface area contributed by atoms with Crippen LogP contribution in [0.5, 0.6) is 5.75 Å². The van der Waals surface area contributed by atoms with E-state index in [1.165, 1.54) is 36.8 Å². The molecule has 2 nitrogen and oxygen atoms in total. The van der Waals surface area contributed by atoms with Crippen molar-refractivity contribution in [3.63, 3.8) is 0 Å². The highest BCUT2D eigenvalue weighted by Gasteiger charge is 2.48. The standard InChI is InChI=1S/C16H23NO/c1-16-8-4-5-12(15(16)17(2)3)9-11-6-7-13(18)10-14(11)16/h6-7,10,12,15,18H,4-5,8-9H2,1-3H3/t12?,15?,16-/m1/s1. The Labute approximate surface area is 110 Å². The Morgan fingerprint density at radius 3 is 2.83 bits per heavy atom. The second kappa shape index (κ2) is 3.99. The van der Waals surface area contributed by atoms with Gasteiger partial charge in [0.1, 0.15) is 5.75 Å². The molecule has 1 aromatic rings. The molecule has 0 amide bonds. The Bertz CT molecular complexity index is 468. The minimum atomic E-state index is 0.207. The van der Waals surface area contributed by atoms with Crippen molar-refractivity contribution in [3.05, 3.63) is 29.3 Å². The number of nitrogens with zero attached hydrogens (tertiary/aromatic N) is 1. The molecule has 98 valence electrons. The van der Waals surface area contributed by atoms with Crippen LogP contribution >= 0.6 is 0 Å². The van der Waals surface area contributed by atoms with Gasteiger partial charge < -0.3 is 10.0 Å². The van der Waals surface area contributed by atoms with Gasteiger partial charge in [-0.15, -0.1) is 0 Å². The highest BCUT2D eigenvalue weighted by atomic mass is 16.3. The van der Waals surface area contributed by atoms with E-state index in [1.54, 1.807) is 0 Å². The van der Waals surface area contributed by atoms with E-state index >= 15 is 0 Å². The summed E-state index contributed by atoms with van der Waals surface area (Å²) in [6.07, 6.45) is 5.08. The third-order valence-electron chi connectivity index (χ3n) is 5.12. The van der Waals surface area contributed by atoms with Crippen LogP contribution in [0.25, 0.3) is 0 Å². The molecule has 2 heteroatoms. The molecule has 0 aromatic heterocycles. The number of aromatic hydroxyl groups is 1. The monoisotopic (exact) mass is 245 g/mol. The van der Waals surface area contributed by atoms with Gasteiger partial charge in [-0.3, -0.25) is 0 Å². The van der Waals surface area contributed by atoms with Crippen LogP contribution in [0.15, 0.2) is 18.2 Å². The third kappa shape index (κ3) is 1.58. The van der Waals surface area contributed by atoms with Crippen LogP contribution in [0.1, 0.15) is 37.3 Å². The first kappa shape index (κ1) is 12.0. The van der Waals surface area contributed by atoms with Crippen LogP contribution in [0, 0.1) is 5.92 Å². The SMILES string of the molecule is CN(C)C1C2CCC[C@]1(C)c1cc(O)ccc1C2. The Morgan fingerprint density at radius 1 is 1.33 bits per heavy atom. The van der Waals surface area contributed by atoms with Gasteiger partial charge in [0.2, 0.25) is 0 Å². The highest BCUT2D eigenvalue weighted by molar-refractivity contribution is 5.44. The van der Waals surface area contributed by atoms with Gasteiger partial charge in [-0.1, -0.05) is 19.4 Å². The molecule has 0 heterocycles. The maximum atomic E-state index is 9.81. The molecule has 18 heavy (non-hydrogen) atoms. The van der Waals surface area contributed by atoms with Crippen LogP contribution in [0.2, 0.25) is 0 Å². The molecule has 2 bridgehead atoms. The van der Waals surface area contributed by atoms with Gasteiger partial charge in [0.05, 0.1) is 0 Å². The lowest BCUT2D eigenvalue weighted by Gasteiger charge is -2.53. The van der Waals surface area contributed by atoms with Crippen molar-refractivity contribution in [2.24, 2.45) is 5.92 Å². The van der Waals surface area contributed by atoms with Crippen molar-refractivity contribution in [3.8, 4) is 5.75 Å². The van der Waals surface area contributed by atoms with Crippen LogP contribution in [-0.2, 0) is 11.8 Å². The second-order valence-corrected chi connectivity index (χ2v) is 6.52. The molecule has 2 aliphatic rings. The average molecular weight is 245 g/mol. The fourth-order valence-electron chi connectivity index (χ4n) is 4.61. The largest absolute Gasteiger partial charge is 0.508 e. The molecule has 1 fully saturated rings. The van der Waals surface area contributed by atoms with Crippen LogP contribution < -0.4 is 0 Å². The first-order valence-electron chi connectivity index (χ1n) is 7.01. The summed E-state index contributed by atoms with van der Waals surface area (Å²) >= 11 is 0. The number of hydrogen-bond acceptors (Lipinski definition) is 2. The number of benzene rings is 1. The minimum Gasteiger partial charge on any atom is -0.508 e. The molecule has 3 atom stereocenters. The molecule has 0 saturated heterocycles. The van der Waals surface area contributed by atoms with E-state index in [2.05, 4.69) is 32.0 Å². The summed E-state index contributed by atoms with van der Waals surface area (Å²) in [6, 6.07) is 6.59. The molecule has 0 aliphatic heterocycles. The van der Waals surface area contributed by atoms with E-state index in [9.17, 15) is 5.11 Å². The van der Waals surface area contributed by atoms with E-state index in [-0.39, 0.29) is 5.41 Å². The predicted octanol–water partition coefficient (Wildman–Crippen LogP) is 2.94. The summed E-state index contributed by atoms with van der Waals surface area (Å²) < 4.78 is 0. The topological polar surface area (TPSA) is 23.5 Å². The first-order valence-corrected chi connectivity index (χ1v) is 7.01. The Hall–Kier alpha value is -1.02. The van der Waals surface area contributed by atoms with Crippen molar-refractivity contribution < 1.29 is 5.11 Å². The minimum absolute atomic E-state index is 0.207. The van der Waals surface area contributed by atoms with Crippen molar-refractivity contribution in [1.29, 1.82) is 0 Å². The number of phenolic OH excluding ortho intramolecular Hbond substituents is 1. The van der Waals surface area contributed by atoms with E-state index in [0.717, 1.165) is 5.92 Å². The van der Waals surface area contributed by atoms with Gasteiger partial charge >= 0.3 is 0 Å². The molecule has 2 aliphatic carbocycles. The molecule has 1 saturated carbocycles. The van der Waals surface area contributed by atoms with Gasteiger partial charge in [-0.25, -0.2) is 0 Å². The van der Waals surface area contributed by atoms with Crippen molar-refractivity contribution in [1.82, 2.24) is 4.90 Å². The number of rotatable bonds is 1. The van der Waals surface area contributed by atoms with Gasteiger partial charge in [0.25, 0.3) is 0 Å². The maximum absolute atomic E-state index is 9.81. The fraction of sp³-hybridized carbons (Fsp3) is 0.625. The second-order valence-electron chi connectivity index (χ2n) is 6.52. The number of hydrogen-bond donors (Lipinski definition) is 1. The Balaban J connectivity index is 2.16. The van der Waals surface area contributed by atoms with Crippen molar-refractivity contribution in [2.75, 3.05) is 14.1 Å². The predicted molar refractivity (Wildman–Crippen MR) is 74.0 cm³/mol. The number of fused-ring (bicyclic) bond motifs is 4. The van der Waals surface area contributed by atoms with Crippen LogP contribution in [-0.4, -0.2) is 30.1 Å². The zero-order valence-corrected chi connectivity index (χ0v) is 11.6. The van der Waals surface area contributed by atoms with Gasteiger partial charge in [0, 0.05) is 11.5 Å². The smallest absolute Gasteiger partial charge is 0.115 e. The van der Waals surface area contributed by atoms with Crippen molar-refractivity contribution in [2.45, 2.75) is 44.1 Å². The molecule has 3 rings (SSSR count). The summed E-state index contributed by atoms with van der Waals surface area (Å²) in [5, 5.41) is 9.81. The van der Waals surface area contributed by atoms with Crippen molar-refractivity contribution >= 4 is 0 Å². The summed E-state index contributed by atoms with van der Waals surface area (Å²) in [5.74, 6) is 1.19. The maximum Gasteiger partial charge on any atom is 0.115 e. The lowest BCUT2D eigenvalue weighted by Crippen LogP contribution is -2.56. The highest BCUT2D eigenvalue weighted by Crippen LogP contribution is 2.50. The molecule has 1 aromatic carbocycles. The van der Waals surface area contributed by atoms with Gasteiger partial charge in [0.15, 0.2) is 0 Å². The quantitative estimate of drug-likeness (QED) is 0.822. The fourth-order valence-corrected chi connectivity index (χ4v) is 4.61. The zero-order valence-electron chi connectivity index (χ0n) is 11.6. The van der Waals surface area contributed by atoms with Gasteiger partial charge in [-0.05, 0) is 62.5 Å².